The van der Waals surface area contributed by atoms with Crippen LogP contribution in [0.5, 0.6) is 0 Å². The highest BCUT2D eigenvalue weighted by Crippen LogP contribution is 2.50. The van der Waals surface area contributed by atoms with E-state index in [9.17, 15) is 0 Å². The first-order valence-electron chi connectivity index (χ1n) is 22.7. The third-order valence-corrected chi connectivity index (χ3v) is 14.4. The van der Waals surface area contributed by atoms with Crippen molar-refractivity contribution in [1.82, 2.24) is 0 Å². The highest BCUT2D eigenvalue weighted by molar-refractivity contribution is 7.26. The van der Waals surface area contributed by atoms with Gasteiger partial charge < -0.3 is 4.90 Å². The van der Waals surface area contributed by atoms with Crippen LogP contribution in [0.25, 0.3) is 80.3 Å². The van der Waals surface area contributed by atoms with Gasteiger partial charge in [0.05, 0.1) is 6.04 Å². The third-order valence-electron chi connectivity index (χ3n) is 13.2. The number of nitrogens with zero attached hydrogens (tertiary/aromatic N) is 1. The molecule has 1 atom stereocenters. The van der Waals surface area contributed by atoms with Crippen molar-refractivity contribution >= 4 is 80.8 Å². The summed E-state index contributed by atoms with van der Waals surface area (Å²) in [6, 6.07) is 75.2. The van der Waals surface area contributed by atoms with E-state index in [1.807, 2.05) is 11.3 Å². The molecule has 13 rings (SSSR count). The second-order valence-corrected chi connectivity index (χ2v) is 18.4. The normalized spacial score (nSPS) is 13.9. The molecule has 2 heteroatoms. The molecule has 0 radical (unpaired) electrons. The van der Waals surface area contributed by atoms with Crippen molar-refractivity contribution in [2.24, 2.45) is 0 Å². The van der Waals surface area contributed by atoms with Gasteiger partial charge in [-0.1, -0.05) is 200 Å². The first-order valence-corrected chi connectivity index (χ1v) is 23.5. The fraction of sp³-hybridized carbons (Fsp3) is 0.0794. The van der Waals surface area contributed by atoms with Crippen LogP contribution in [0.2, 0.25) is 0 Å². The molecule has 312 valence electrons. The van der Waals surface area contributed by atoms with Crippen LogP contribution in [-0.4, -0.2) is 6.04 Å². The van der Waals surface area contributed by atoms with E-state index in [0.29, 0.717) is 6.04 Å². The standard InChI is InChI=1S/C41H29NS.2C11H10/c1-26-14-16-28(17-15-26)31-9-4-5-10-32(31)29-18-21-35-34-12-6-7-13-37(34)42(38(35)24-29)30-20-23-39-36(25-30)41-33-11-3-2-8-27(33)19-22-40(41)43-39;2*1-9-5-4-7-10-6-2-3-8-11(9)10/h2-12,14-25,37H,13H2,1H3;2*2-8H,1H3. The molecule has 65 heavy (non-hydrogen) atoms. The van der Waals surface area contributed by atoms with Gasteiger partial charge in [0.1, 0.15) is 0 Å². The predicted octanol–water partition coefficient (Wildman–Crippen LogP) is 18.0. The molecule has 0 bridgehead atoms. The zero-order valence-electron chi connectivity index (χ0n) is 37.0. The molecule has 0 N–H and O–H groups in total. The number of allylic oxidation sites excluding steroid dienone is 2. The molecule has 1 nitrogen and oxygen atoms in total. The number of benzene rings is 10. The Morgan fingerprint density at radius 2 is 1.02 bits per heavy atom. The summed E-state index contributed by atoms with van der Waals surface area (Å²) in [7, 11) is 0. The molecule has 1 aliphatic heterocycles. The number of rotatable bonds is 3. The van der Waals surface area contributed by atoms with Crippen LogP contribution < -0.4 is 4.90 Å². The molecule has 1 aromatic heterocycles. The summed E-state index contributed by atoms with van der Waals surface area (Å²) in [6.07, 6.45) is 7.86. The Kier molecular flexibility index (Phi) is 10.7. The van der Waals surface area contributed by atoms with E-state index in [4.69, 9.17) is 0 Å². The highest BCUT2D eigenvalue weighted by atomic mass is 32.1. The maximum Gasteiger partial charge on any atom is 0.0632 e. The van der Waals surface area contributed by atoms with Crippen LogP contribution in [0.1, 0.15) is 28.7 Å². The largest absolute Gasteiger partial charge is 0.333 e. The maximum atomic E-state index is 2.59. The van der Waals surface area contributed by atoms with E-state index in [1.54, 1.807) is 0 Å². The van der Waals surface area contributed by atoms with Crippen molar-refractivity contribution in [1.29, 1.82) is 0 Å². The van der Waals surface area contributed by atoms with Crippen molar-refractivity contribution in [2.75, 3.05) is 4.90 Å². The van der Waals surface area contributed by atoms with Gasteiger partial charge in [0.15, 0.2) is 0 Å². The van der Waals surface area contributed by atoms with Crippen LogP contribution in [-0.2, 0) is 0 Å². The second kappa shape index (κ2) is 17.2. The Morgan fingerprint density at radius 3 is 1.69 bits per heavy atom. The van der Waals surface area contributed by atoms with Crippen LogP contribution in [0.4, 0.5) is 11.4 Å². The van der Waals surface area contributed by atoms with Gasteiger partial charge in [0, 0.05) is 37.1 Å². The van der Waals surface area contributed by atoms with E-state index >= 15 is 0 Å². The summed E-state index contributed by atoms with van der Waals surface area (Å²) in [5.41, 5.74) is 14.3. The van der Waals surface area contributed by atoms with Crippen molar-refractivity contribution < 1.29 is 0 Å². The highest BCUT2D eigenvalue weighted by Gasteiger charge is 2.35. The zero-order chi connectivity index (χ0) is 43.9. The molecule has 11 aromatic rings. The molecular formula is C63H49NS. The molecule has 10 aromatic carbocycles. The van der Waals surface area contributed by atoms with Crippen LogP contribution in [0.3, 0.4) is 0 Å². The van der Waals surface area contributed by atoms with Gasteiger partial charge in [0.25, 0.3) is 0 Å². The predicted molar refractivity (Wildman–Crippen MR) is 284 cm³/mol. The van der Waals surface area contributed by atoms with Gasteiger partial charge in [-0.2, -0.15) is 0 Å². The lowest BCUT2D eigenvalue weighted by molar-refractivity contribution is 0.830. The monoisotopic (exact) mass is 851 g/mol. The fourth-order valence-corrected chi connectivity index (χ4v) is 11.0. The summed E-state index contributed by atoms with van der Waals surface area (Å²) in [5.74, 6) is 0. The van der Waals surface area contributed by atoms with Gasteiger partial charge in [-0.05, 0) is 129 Å². The van der Waals surface area contributed by atoms with Crippen LogP contribution >= 0.6 is 11.3 Å². The van der Waals surface area contributed by atoms with Crippen LogP contribution in [0, 0.1) is 20.8 Å². The minimum absolute atomic E-state index is 0.293. The molecule has 1 aliphatic carbocycles. The Balaban J connectivity index is 0.000000173. The molecule has 0 amide bonds. The van der Waals surface area contributed by atoms with E-state index in [2.05, 4.69) is 250 Å². The van der Waals surface area contributed by atoms with Gasteiger partial charge in [-0.3, -0.25) is 0 Å². The lowest BCUT2D eigenvalue weighted by Crippen LogP contribution is -2.27. The first kappa shape index (κ1) is 40.3. The van der Waals surface area contributed by atoms with E-state index in [1.165, 1.54) is 114 Å². The first-order chi connectivity index (χ1) is 32.0. The number of thiophene rings is 1. The average Bonchev–Trinajstić information content (AvgIpc) is 3.90. The summed E-state index contributed by atoms with van der Waals surface area (Å²) < 4.78 is 2.69. The summed E-state index contributed by atoms with van der Waals surface area (Å²) in [6.45, 7) is 6.43. The van der Waals surface area contributed by atoms with E-state index in [-0.39, 0.29) is 0 Å². The Morgan fingerprint density at radius 1 is 0.446 bits per heavy atom. The van der Waals surface area contributed by atoms with Gasteiger partial charge in [-0.25, -0.2) is 0 Å². The fourth-order valence-electron chi connectivity index (χ4n) is 9.94. The summed E-state index contributed by atoms with van der Waals surface area (Å²) >= 11 is 1.90. The quantitative estimate of drug-likeness (QED) is 0.171. The molecule has 2 heterocycles. The minimum Gasteiger partial charge on any atom is -0.333 e. The number of hydrogen-bond acceptors (Lipinski definition) is 2. The zero-order valence-corrected chi connectivity index (χ0v) is 37.8. The van der Waals surface area contributed by atoms with Gasteiger partial charge in [-0.15, -0.1) is 11.3 Å². The molecule has 0 saturated heterocycles. The van der Waals surface area contributed by atoms with Crippen molar-refractivity contribution in [3.05, 3.63) is 247 Å². The second-order valence-electron chi connectivity index (χ2n) is 17.3. The lowest BCUT2D eigenvalue weighted by Gasteiger charge is -2.29. The van der Waals surface area contributed by atoms with Gasteiger partial charge >= 0.3 is 0 Å². The average molecular weight is 852 g/mol. The molecule has 2 aliphatic rings. The third kappa shape index (κ3) is 7.60. The van der Waals surface area contributed by atoms with Crippen LogP contribution in [0.15, 0.2) is 224 Å². The molecular weight excluding hydrogens is 803 g/mol. The Bertz CT molecular complexity index is 3540. The van der Waals surface area contributed by atoms with Crippen molar-refractivity contribution in [3.63, 3.8) is 0 Å². The summed E-state index contributed by atoms with van der Waals surface area (Å²) in [4.78, 5) is 2.59. The Labute approximate surface area is 385 Å². The number of hydrogen-bond donors (Lipinski definition) is 0. The topological polar surface area (TPSA) is 3.24 Å². The van der Waals surface area contributed by atoms with Crippen molar-refractivity contribution in [3.8, 4) is 22.3 Å². The number of aryl methyl sites for hydroxylation is 3. The maximum absolute atomic E-state index is 2.59. The molecule has 0 fully saturated rings. The number of fused-ring (bicyclic) bond motifs is 10. The lowest BCUT2D eigenvalue weighted by atomic mass is 9.92. The SMILES string of the molecule is Cc1ccc(-c2ccccc2-c2ccc3c(c2)N(c2ccc4sc5ccc6ccccc6c5c4c2)C2CC=CC=C32)cc1.Cc1cccc2ccccc12.Cc1cccc2ccccc12. The van der Waals surface area contributed by atoms with Crippen molar-refractivity contribution in [2.45, 2.75) is 33.2 Å². The van der Waals surface area contributed by atoms with E-state index < -0.39 is 0 Å². The van der Waals surface area contributed by atoms with E-state index in [0.717, 1.165) is 6.42 Å². The number of anilines is 2. The molecule has 0 spiro atoms. The summed E-state index contributed by atoms with van der Waals surface area (Å²) in [5, 5.41) is 10.7. The molecule has 1 unspecified atom stereocenters. The Hall–Kier alpha value is -7.52. The smallest absolute Gasteiger partial charge is 0.0632 e. The molecule has 0 saturated carbocycles. The van der Waals surface area contributed by atoms with Gasteiger partial charge in [0.2, 0.25) is 0 Å². The minimum atomic E-state index is 0.293.